The van der Waals surface area contributed by atoms with Crippen LogP contribution in [0.15, 0.2) is 48.7 Å². The molecule has 1 aromatic heterocycles. The third-order valence-electron chi connectivity index (χ3n) is 3.42. The summed E-state index contributed by atoms with van der Waals surface area (Å²) in [6.07, 6.45) is 1.59. The molecule has 0 atom stereocenters. The van der Waals surface area contributed by atoms with Crippen molar-refractivity contribution in [1.29, 1.82) is 0 Å². The highest BCUT2D eigenvalue weighted by molar-refractivity contribution is 7.80. The number of anilines is 2. The summed E-state index contributed by atoms with van der Waals surface area (Å²) in [6.45, 7) is 0.244. The SMILES string of the molecule is Fc1ccccc1Cn1cc(Cl)c(NC(=S)Nc2cc(Cl)ccc2Cl)n1. The van der Waals surface area contributed by atoms with Gasteiger partial charge in [0.15, 0.2) is 10.9 Å². The van der Waals surface area contributed by atoms with Crippen LogP contribution < -0.4 is 10.6 Å². The molecule has 3 rings (SSSR count). The molecule has 2 aromatic carbocycles. The first-order valence-corrected chi connectivity index (χ1v) is 8.96. The summed E-state index contributed by atoms with van der Waals surface area (Å²) in [5.74, 6) is 0.0417. The second-order valence-corrected chi connectivity index (χ2v) is 6.98. The van der Waals surface area contributed by atoms with Crippen LogP contribution in [0, 0.1) is 5.82 Å². The lowest BCUT2D eigenvalue weighted by Gasteiger charge is -2.10. The Kier molecular flexibility index (Phi) is 5.98. The van der Waals surface area contributed by atoms with Gasteiger partial charge in [-0.25, -0.2) is 4.39 Å². The average molecular weight is 430 g/mol. The van der Waals surface area contributed by atoms with Crippen molar-refractivity contribution < 1.29 is 4.39 Å². The normalized spacial score (nSPS) is 10.6. The Morgan fingerprint density at radius 3 is 2.62 bits per heavy atom. The predicted molar refractivity (Wildman–Crippen MR) is 109 cm³/mol. The van der Waals surface area contributed by atoms with Crippen molar-refractivity contribution in [2.75, 3.05) is 10.6 Å². The van der Waals surface area contributed by atoms with Crippen LogP contribution >= 0.6 is 47.0 Å². The van der Waals surface area contributed by atoms with Crippen molar-refractivity contribution in [3.8, 4) is 0 Å². The highest BCUT2D eigenvalue weighted by Crippen LogP contribution is 2.26. The van der Waals surface area contributed by atoms with E-state index in [9.17, 15) is 4.39 Å². The first-order chi connectivity index (χ1) is 12.4. The molecule has 0 saturated heterocycles. The van der Waals surface area contributed by atoms with Crippen molar-refractivity contribution in [2.45, 2.75) is 6.54 Å². The van der Waals surface area contributed by atoms with Crippen molar-refractivity contribution in [1.82, 2.24) is 9.78 Å². The molecule has 0 aliphatic rings. The maximum absolute atomic E-state index is 13.8. The highest BCUT2D eigenvalue weighted by atomic mass is 35.5. The number of halogens is 4. The van der Waals surface area contributed by atoms with E-state index >= 15 is 0 Å². The van der Waals surface area contributed by atoms with Crippen LogP contribution in [0.25, 0.3) is 0 Å². The van der Waals surface area contributed by atoms with Gasteiger partial charge in [-0.05, 0) is 36.5 Å². The maximum Gasteiger partial charge on any atom is 0.176 e. The van der Waals surface area contributed by atoms with Crippen LogP contribution in [-0.4, -0.2) is 14.9 Å². The quantitative estimate of drug-likeness (QED) is 0.511. The first-order valence-electron chi connectivity index (χ1n) is 7.42. The zero-order valence-corrected chi connectivity index (χ0v) is 16.2. The third kappa shape index (κ3) is 4.65. The third-order valence-corrected chi connectivity index (χ3v) is 4.46. The second-order valence-electron chi connectivity index (χ2n) is 5.32. The van der Waals surface area contributed by atoms with Gasteiger partial charge in [0.25, 0.3) is 0 Å². The molecular weight excluding hydrogens is 418 g/mol. The van der Waals surface area contributed by atoms with Gasteiger partial charge in [0, 0.05) is 16.8 Å². The van der Waals surface area contributed by atoms with Crippen LogP contribution in [0.2, 0.25) is 15.1 Å². The number of nitrogens with zero attached hydrogens (tertiary/aromatic N) is 2. The molecule has 0 spiro atoms. The van der Waals surface area contributed by atoms with Crippen LogP contribution in [0.5, 0.6) is 0 Å². The smallest absolute Gasteiger partial charge is 0.176 e. The lowest BCUT2D eigenvalue weighted by Crippen LogP contribution is -2.20. The van der Waals surface area contributed by atoms with Crippen molar-refractivity contribution in [3.05, 3.63) is 75.1 Å². The standard InChI is InChI=1S/C17H12Cl3FN4S/c18-11-5-6-12(19)15(7-11)22-17(26)23-16-13(20)9-25(24-16)8-10-3-1-2-4-14(10)21/h1-7,9H,8H2,(H2,22,23,24,26). The van der Waals surface area contributed by atoms with Gasteiger partial charge < -0.3 is 10.6 Å². The molecule has 3 aromatic rings. The zero-order valence-electron chi connectivity index (χ0n) is 13.1. The van der Waals surface area contributed by atoms with Crippen LogP contribution in [0.3, 0.4) is 0 Å². The molecule has 9 heteroatoms. The molecule has 4 nitrogen and oxygen atoms in total. The highest BCUT2D eigenvalue weighted by Gasteiger charge is 2.11. The lowest BCUT2D eigenvalue weighted by atomic mass is 10.2. The molecule has 0 aliphatic carbocycles. The molecule has 1 heterocycles. The Morgan fingerprint density at radius 1 is 1.08 bits per heavy atom. The molecule has 0 bridgehead atoms. The summed E-state index contributed by atoms with van der Waals surface area (Å²) >= 11 is 23.5. The number of benzene rings is 2. The zero-order chi connectivity index (χ0) is 18.7. The van der Waals surface area contributed by atoms with Gasteiger partial charge in [0.2, 0.25) is 0 Å². The Bertz CT molecular complexity index is 961. The fraction of sp³-hybridized carbons (Fsp3) is 0.0588. The van der Waals surface area contributed by atoms with E-state index < -0.39 is 0 Å². The van der Waals surface area contributed by atoms with E-state index in [1.807, 2.05) is 0 Å². The molecule has 0 fully saturated rings. The minimum absolute atomic E-state index is 0.243. The van der Waals surface area contributed by atoms with E-state index in [1.165, 1.54) is 10.7 Å². The van der Waals surface area contributed by atoms with Gasteiger partial charge in [0.1, 0.15) is 10.8 Å². The molecule has 0 radical (unpaired) electrons. The van der Waals surface area contributed by atoms with E-state index in [2.05, 4.69) is 15.7 Å². The van der Waals surface area contributed by atoms with E-state index in [0.29, 0.717) is 32.1 Å². The molecule has 2 N–H and O–H groups in total. The van der Waals surface area contributed by atoms with E-state index in [0.717, 1.165) is 0 Å². The molecule has 0 unspecified atom stereocenters. The topological polar surface area (TPSA) is 41.9 Å². The van der Waals surface area contributed by atoms with Crippen LogP contribution in [0.4, 0.5) is 15.9 Å². The van der Waals surface area contributed by atoms with Gasteiger partial charge in [-0.1, -0.05) is 53.0 Å². The van der Waals surface area contributed by atoms with Crippen molar-refractivity contribution in [2.24, 2.45) is 0 Å². The van der Waals surface area contributed by atoms with Gasteiger partial charge in [-0.15, -0.1) is 0 Å². The summed E-state index contributed by atoms with van der Waals surface area (Å²) in [5.41, 5.74) is 1.06. The summed E-state index contributed by atoms with van der Waals surface area (Å²) in [7, 11) is 0. The number of hydrogen-bond acceptors (Lipinski definition) is 2. The van der Waals surface area contributed by atoms with Gasteiger partial charge in [-0.2, -0.15) is 5.10 Å². The predicted octanol–water partition coefficient (Wildman–Crippen LogP) is 5.84. The van der Waals surface area contributed by atoms with E-state index in [4.69, 9.17) is 47.0 Å². The van der Waals surface area contributed by atoms with Gasteiger partial charge in [-0.3, -0.25) is 4.68 Å². The summed E-state index contributed by atoms with van der Waals surface area (Å²) < 4.78 is 15.3. The molecule has 134 valence electrons. The molecule has 0 amide bonds. The lowest BCUT2D eigenvalue weighted by molar-refractivity contribution is 0.586. The Hall–Kier alpha value is -1.86. The number of hydrogen-bond donors (Lipinski definition) is 2. The molecule has 0 aliphatic heterocycles. The molecular formula is C17H12Cl3FN4S. The summed E-state index contributed by atoms with van der Waals surface area (Å²) in [6, 6.07) is 11.5. The van der Waals surface area contributed by atoms with E-state index in [1.54, 1.807) is 42.6 Å². The van der Waals surface area contributed by atoms with E-state index in [-0.39, 0.29) is 17.5 Å². The van der Waals surface area contributed by atoms with Gasteiger partial charge in [0.05, 0.1) is 17.3 Å². The minimum atomic E-state index is -0.304. The van der Waals surface area contributed by atoms with Crippen LogP contribution in [-0.2, 0) is 6.54 Å². The molecule has 0 saturated carbocycles. The Labute approximate surface area is 169 Å². The number of rotatable bonds is 4. The number of nitrogens with one attached hydrogen (secondary N) is 2. The summed E-state index contributed by atoms with van der Waals surface area (Å²) in [4.78, 5) is 0. The Balaban J connectivity index is 1.70. The monoisotopic (exact) mass is 428 g/mol. The number of aromatic nitrogens is 2. The largest absolute Gasteiger partial charge is 0.331 e. The van der Waals surface area contributed by atoms with Crippen LogP contribution in [0.1, 0.15) is 5.56 Å². The van der Waals surface area contributed by atoms with Gasteiger partial charge >= 0.3 is 0 Å². The minimum Gasteiger partial charge on any atom is -0.331 e. The van der Waals surface area contributed by atoms with Crippen molar-refractivity contribution >= 4 is 63.6 Å². The fourth-order valence-electron chi connectivity index (χ4n) is 2.22. The molecule has 26 heavy (non-hydrogen) atoms. The fourth-order valence-corrected chi connectivity index (χ4v) is 2.96. The first kappa shape index (κ1) is 18.9. The Morgan fingerprint density at radius 2 is 1.85 bits per heavy atom. The maximum atomic E-state index is 13.8. The second kappa shape index (κ2) is 8.22. The average Bonchev–Trinajstić information content (AvgIpc) is 2.92. The summed E-state index contributed by atoms with van der Waals surface area (Å²) in [5, 5.41) is 11.7. The van der Waals surface area contributed by atoms with Crippen molar-refractivity contribution in [3.63, 3.8) is 0 Å². The number of thiocarbonyl (C=S) groups is 1.